The van der Waals surface area contributed by atoms with Gasteiger partial charge in [-0.05, 0) is 6.92 Å². The maximum Gasteiger partial charge on any atom is 0.133 e. The molecule has 0 amide bonds. The van der Waals surface area contributed by atoms with Crippen LogP contribution >= 0.6 is 0 Å². The molecule has 1 N–H and O–H groups in total. The van der Waals surface area contributed by atoms with E-state index in [0.717, 1.165) is 17.3 Å². The summed E-state index contributed by atoms with van der Waals surface area (Å²) in [6.45, 7) is 13.0. The summed E-state index contributed by atoms with van der Waals surface area (Å²) in [7, 11) is 1.95. The van der Waals surface area contributed by atoms with E-state index in [4.69, 9.17) is 0 Å². The first kappa shape index (κ1) is 15.9. The Kier molecular flexibility index (Phi) is 4.91. The average Bonchev–Trinajstić information content (AvgIpc) is 2.26. The molecule has 0 aliphatic heterocycles. The summed E-state index contributed by atoms with van der Waals surface area (Å²) in [5, 5.41) is 9.51. The smallest absolute Gasteiger partial charge is 0.133 e. The minimum absolute atomic E-state index is 0.00694. The van der Waals surface area contributed by atoms with Gasteiger partial charge in [-0.1, -0.05) is 34.6 Å². The Morgan fingerprint density at radius 1 is 1.21 bits per heavy atom. The standard InChI is InChI=1S/C15H27N3O/c1-10(2)14-16-12(15(4,5)6)8-13(17-14)18(7)9-11(3)19/h8,10-11,19H,9H2,1-7H3/t11-/m0/s1. The predicted molar refractivity (Wildman–Crippen MR) is 79.8 cm³/mol. The predicted octanol–water partition coefficient (Wildman–Crippen LogP) is 2.71. The maximum absolute atomic E-state index is 9.51. The highest BCUT2D eigenvalue weighted by Crippen LogP contribution is 2.25. The van der Waals surface area contributed by atoms with E-state index in [0.29, 0.717) is 12.5 Å². The molecule has 0 spiro atoms. The molecule has 1 heterocycles. The van der Waals surface area contributed by atoms with E-state index in [-0.39, 0.29) is 11.5 Å². The van der Waals surface area contributed by atoms with Crippen LogP contribution < -0.4 is 4.90 Å². The summed E-state index contributed by atoms with van der Waals surface area (Å²) in [5.74, 6) is 2.03. The number of anilines is 1. The van der Waals surface area contributed by atoms with Gasteiger partial charge in [0.1, 0.15) is 11.6 Å². The minimum atomic E-state index is -0.374. The Morgan fingerprint density at radius 3 is 2.21 bits per heavy atom. The highest BCUT2D eigenvalue weighted by Gasteiger charge is 2.20. The van der Waals surface area contributed by atoms with E-state index >= 15 is 0 Å². The van der Waals surface area contributed by atoms with Crippen LogP contribution in [0, 0.1) is 0 Å². The SMILES string of the molecule is CC(C)c1nc(N(C)C[C@H](C)O)cc(C(C)(C)C)n1. The highest BCUT2D eigenvalue weighted by atomic mass is 16.3. The Balaban J connectivity index is 3.20. The molecule has 0 aliphatic carbocycles. The molecule has 4 heteroatoms. The van der Waals surface area contributed by atoms with E-state index in [1.54, 1.807) is 6.92 Å². The van der Waals surface area contributed by atoms with Gasteiger partial charge in [-0.25, -0.2) is 9.97 Å². The third-order valence-corrected chi connectivity index (χ3v) is 2.94. The lowest BCUT2D eigenvalue weighted by Crippen LogP contribution is -2.29. The lowest BCUT2D eigenvalue weighted by atomic mass is 9.91. The molecule has 0 saturated heterocycles. The zero-order valence-corrected chi connectivity index (χ0v) is 13.2. The van der Waals surface area contributed by atoms with Gasteiger partial charge >= 0.3 is 0 Å². The Labute approximate surface area is 116 Å². The van der Waals surface area contributed by atoms with E-state index in [2.05, 4.69) is 44.6 Å². The lowest BCUT2D eigenvalue weighted by molar-refractivity contribution is 0.201. The fourth-order valence-corrected chi connectivity index (χ4v) is 1.78. The van der Waals surface area contributed by atoms with E-state index in [9.17, 15) is 5.11 Å². The van der Waals surface area contributed by atoms with Gasteiger partial charge in [-0.15, -0.1) is 0 Å². The van der Waals surface area contributed by atoms with Crippen molar-refractivity contribution in [3.8, 4) is 0 Å². The number of nitrogens with zero attached hydrogens (tertiary/aromatic N) is 3. The molecule has 0 radical (unpaired) electrons. The summed E-state index contributed by atoms with van der Waals surface area (Å²) in [6, 6.07) is 2.02. The van der Waals surface area contributed by atoms with Gasteiger partial charge in [0.05, 0.1) is 11.8 Å². The molecule has 1 aromatic heterocycles. The summed E-state index contributed by atoms with van der Waals surface area (Å²) < 4.78 is 0. The van der Waals surface area contributed by atoms with Crippen LogP contribution in [0.3, 0.4) is 0 Å². The van der Waals surface area contributed by atoms with Crippen molar-refractivity contribution >= 4 is 5.82 Å². The van der Waals surface area contributed by atoms with Gasteiger partial charge in [-0.3, -0.25) is 0 Å². The molecule has 0 saturated carbocycles. The number of rotatable bonds is 4. The Hall–Kier alpha value is -1.16. The highest BCUT2D eigenvalue weighted by molar-refractivity contribution is 5.41. The fraction of sp³-hybridized carbons (Fsp3) is 0.733. The van der Waals surface area contributed by atoms with Crippen molar-refractivity contribution in [2.24, 2.45) is 0 Å². The van der Waals surface area contributed by atoms with E-state index < -0.39 is 0 Å². The molecule has 1 atom stereocenters. The van der Waals surface area contributed by atoms with Crippen LogP contribution in [-0.4, -0.2) is 34.8 Å². The minimum Gasteiger partial charge on any atom is -0.392 e. The van der Waals surface area contributed by atoms with Gasteiger partial charge < -0.3 is 10.0 Å². The summed E-state index contributed by atoms with van der Waals surface area (Å²) in [6.07, 6.45) is -0.374. The molecule has 0 fully saturated rings. The topological polar surface area (TPSA) is 49.2 Å². The van der Waals surface area contributed by atoms with Crippen molar-refractivity contribution in [1.29, 1.82) is 0 Å². The second-order valence-electron chi connectivity index (χ2n) is 6.60. The van der Waals surface area contributed by atoms with E-state index in [1.807, 2.05) is 18.0 Å². The summed E-state index contributed by atoms with van der Waals surface area (Å²) in [4.78, 5) is 11.2. The first-order chi connectivity index (χ1) is 8.61. The second-order valence-corrected chi connectivity index (χ2v) is 6.60. The zero-order valence-electron chi connectivity index (χ0n) is 13.2. The van der Waals surface area contributed by atoms with Crippen LogP contribution in [0.15, 0.2) is 6.07 Å². The second kappa shape index (κ2) is 5.87. The molecular formula is C15H27N3O. The van der Waals surface area contributed by atoms with Crippen molar-refractivity contribution in [1.82, 2.24) is 9.97 Å². The van der Waals surface area contributed by atoms with Crippen molar-refractivity contribution in [3.05, 3.63) is 17.6 Å². The maximum atomic E-state index is 9.51. The third kappa shape index (κ3) is 4.46. The Morgan fingerprint density at radius 2 is 1.79 bits per heavy atom. The van der Waals surface area contributed by atoms with Crippen molar-refractivity contribution in [2.45, 2.75) is 59.0 Å². The average molecular weight is 265 g/mol. The number of aromatic nitrogens is 2. The summed E-state index contributed by atoms with van der Waals surface area (Å²) >= 11 is 0. The van der Waals surface area contributed by atoms with Crippen molar-refractivity contribution in [3.63, 3.8) is 0 Å². The van der Waals surface area contributed by atoms with Gasteiger partial charge in [0.25, 0.3) is 0 Å². The largest absolute Gasteiger partial charge is 0.392 e. The fourth-order valence-electron chi connectivity index (χ4n) is 1.78. The zero-order chi connectivity index (χ0) is 14.8. The molecule has 1 rings (SSSR count). The summed E-state index contributed by atoms with van der Waals surface area (Å²) in [5.41, 5.74) is 1.03. The van der Waals surface area contributed by atoms with Crippen molar-refractivity contribution in [2.75, 3.05) is 18.5 Å². The van der Waals surface area contributed by atoms with Crippen LogP contribution in [-0.2, 0) is 5.41 Å². The van der Waals surface area contributed by atoms with Gasteiger partial charge in [-0.2, -0.15) is 0 Å². The van der Waals surface area contributed by atoms with Crippen LogP contribution in [0.4, 0.5) is 5.82 Å². The Bertz CT molecular complexity index is 422. The van der Waals surface area contributed by atoms with Crippen LogP contribution in [0.1, 0.15) is 59.0 Å². The molecular weight excluding hydrogens is 238 g/mol. The third-order valence-electron chi connectivity index (χ3n) is 2.94. The molecule has 1 aromatic rings. The van der Waals surface area contributed by atoms with E-state index in [1.165, 1.54) is 0 Å². The normalized spacial score (nSPS) is 13.7. The monoisotopic (exact) mass is 265 g/mol. The molecule has 0 unspecified atom stereocenters. The lowest BCUT2D eigenvalue weighted by Gasteiger charge is -2.25. The van der Waals surface area contributed by atoms with Gasteiger partial charge in [0.15, 0.2) is 0 Å². The van der Waals surface area contributed by atoms with Crippen molar-refractivity contribution < 1.29 is 5.11 Å². The van der Waals surface area contributed by atoms with Gasteiger partial charge in [0, 0.05) is 31.0 Å². The van der Waals surface area contributed by atoms with Crippen LogP contribution in [0.5, 0.6) is 0 Å². The molecule has 0 aromatic carbocycles. The first-order valence-corrected chi connectivity index (χ1v) is 6.90. The van der Waals surface area contributed by atoms with Gasteiger partial charge in [0.2, 0.25) is 0 Å². The van der Waals surface area contributed by atoms with Crippen LogP contribution in [0.25, 0.3) is 0 Å². The quantitative estimate of drug-likeness (QED) is 0.909. The van der Waals surface area contributed by atoms with Crippen LogP contribution in [0.2, 0.25) is 0 Å². The molecule has 108 valence electrons. The number of hydrogen-bond donors (Lipinski definition) is 1. The molecule has 4 nitrogen and oxygen atoms in total. The number of aliphatic hydroxyl groups is 1. The number of aliphatic hydroxyl groups excluding tert-OH is 1. The first-order valence-electron chi connectivity index (χ1n) is 6.90. The number of likely N-dealkylation sites (N-methyl/N-ethyl adjacent to an activating group) is 1. The molecule has 0 bridgehead atoms. The molecule has 19 heavy (non-hydrogen) atoms. The number of hydrogen-bond acceptors (Lipinski definition) is 4. The molecule has 0 aliphatic rings.